The van der Waals surface area contributed by atoms with Gasteiger partial charge < -0.3 is 14.2 Å². The molecule has 4 rings (SSSR count). The van der Waals surface area contributed by atoms with Crippen LogP contribution in [0, 0.1) is 17.8 Å². The third-order valence-electron chi connectivity index (χ3n) is 6.03. The van der Waals surface area contributed by atoms with Crippen molar-refractivity contribution in [3.63, 3.8) is 0 Å². The molecule has 0 amide bonds. The molecule has 2 aliphatic heterocycles. The maximum absolute atomic E-state index is 6.16. The van der Waals surface area contributed by atoms with Gasteiger partial charge in [-0.2, -0.15) is 0 Å². The van der Waals surface area contributed by atoms with Crippen LogP contribution in [0.1, 0.15) is 40.0 Å². The van der Waals surface area contributed by atoms with Crippen molar-refractivity contribution in [2.75, 3.05) is 13.7 Å². The second-order valence-corrected chi connectivity index (χ2v) is 7.70. The Morgan fingerprint density at radius 2 is 2.15 bits per heavy atom. The topological polar surface area (TPSA) is 34.3 Å². The van der Waals surface area contributed by atoms with Gasteiger partial charge in [0.15, 0.2) is 0 Å². The normalized spacial score (nSPS) is 55.3. The third kappa shape index (κ3) is 1.83. The number of ether oxygens (including phenoxy) is 3. The van der Waals surface area contributed by atoms with Gasteiger partial charge in [0.05, 0.1) is 18.8 Å². The molecule has 0 bridgehead atoms. The predicted molar refractivity (Wildman–Crippen MR) is 76.5 cm³/mol. The van der Waals surface area contributed by atoms with E-state index in [-0.39, 0.29) is 11.2 Å². The Labute approximate surface area is 121 Å². The van der Waals surface area contributed by atoms with Crippen molar-refractivity contribution in [1.82, 2.24) is 0 Å². The molecule has 7 unspecified atom stereocenters. The molecule has 7 atom stereocenters. The highest BCUT2D eigenvalue weighted by atomic mass is 16.6. The summed E-state index contributed by atoms with van der Waals surface area (Å²) in [5.74, 6) is 2.02. The van der Waals surface area contributed by atoms with Gasteiger partial charge in [-0.3, -0.25) is 0 Å². The van der Waals surface area contributed by atoms with Gasteiger partial charge >= 0.3 is 0 Å². The lowest BCUT2D eigenvalue weighted by atomic mass is 9.69. The summed E-state index contributed by atoms with van der Waals surface area (Å²) in [6.45, 7) is 7.49. The van der Waals surface area contributed by atoms with E-state index in [0.717, 1.165) is 24.9 Å². The fourth-order valence-electron chi connectivity index (χ4n) is 4.75. The number of allylic oxidation sites excluding steroid dienone is 1. The van der Waals surface area contributed by atoms with Crippen molar-refractivity contribution in [3.8, 4) is 0 Å². The summed E-state index contributed by atoms with van der Waals surface area (Å²) in [7, 11) is 1.87. The van der Waals surface area contributed by atoms with Crippen LogP contribution < -0.4 is 0 Å². The van der Waals surface area contributed by atoms with E-state index >= 15 is 0 Å². The van der Waals surface area contributed by atoms with E-state index in [1.807, 2.05) is 7.11 Å². The van der Waals surface area contributed by atoms with Crippen molar-refractivity contribution >= 4 is 0 Å². The summed E-state index contributed by atoms with van der Waals surface area (Å²) < 4.78 is 18.0. The van der Waals surface area contributed by atoms with Gasteiger partial charge in [-0.25, -0.2) is 0 Å². The van der Waals surface area contributed by atoms with Crippen LogP contribution in [-0.4, -0.2) is 37.1 Å². The predicted octanol–water partition coefficient (Wildman–Crippen LogP) is 2.94. The van der Waals surface area contributed by atoms with Crippen LogP contribution in [0.15, 0.2) is 11.6 Å². The van der Waals surface area contributed by atoms with E-state index in [2.05, 4.69) is 26.8 Å². The molecule has 20 heavy (non-hydrogen) atoms. The minimum atomic E-state index is -0.0450. The van der Waals surface area contributed by atoms with E-state index in [4.69, 9.17) is 14.2 Å². The molecule has 3 nitrogen and oxygen atoms in total. The van der Waals surface area contributed by atoms with E-state index in [1.54, 1.807) is 0 Å². The Kier molecular flexibility index (Phi) is 2.72. The van der Waals surface area contributed by atoms with Crippen molar-refractivity contribution < 1.29 is 14.2 Å². The van der Waals surface area contributed by atoms with E-state index in [0.29, 0.717) is 18.1 Å². The fraction of sp³-hybridized carbons (Fsp3) is 0.882. The van der Waals surface area contributed by atoms with Gasteiger partial charge in [-0.05, 0) is 51.9 Å². The first kappa shape index (κ1) is 13.3. The molecule has 4 aliphatic rings. The minimum Gasteiger partial charge on any atom is -0.381 e. The minimum absolute atomic E-state index is 0.0450. The third-order valence-corrected chi connectivity index (χ3v) is 6.03. The van der Waals surface area contributed by atoms with Crippen LogP contribution >= 0.6 is 0 Å². The van der Waals surface area contributed by atoms with Gasteiger partial charge in [0.1, 0.15) is 11.2 Å². The largest absolute Gasteiger partial charge is 0.381 e. The van der Waals surface area contributed by atoms with E-state index in [1.165, 1.54) is 18.4 Å². The quantitative estimate of drug-likeness (QED) is 0.586. The Bertz CT molecular complexity index is 449. The Hall–Kier alpha value is -0.380. The summed E-state index contributed by atoms with van der Waals surface area (Å²) in [5.41, 5.74) is 1.40. The zero-order valence-electron chi connectivity index (χ0n) is 13.0. The first-order valence-corrected chi connectivity index (χ1v) is 7.98. The van der Waals surface area contributed by atoms with Crippen LogP contribution in [0.3, 0.4) is 0 Å². The molecule has 2 saturated carbocycles. The molecule has 2 aliphatic carbocycles. The second-order valence-electron chi connectivity index (χ2n) is 7.70. The maximum atomic E-state index is 6.16. The first-order valence-electron chi connectivity index (χ1n) is 7.98. The highest BCUT2D eigenvalue weighted by molar-refractivity contribution is 5.23. The number of hydrogen-bond donors (Lipinski definition) is 0. The summed E-state index contributed by atoms with van der Waals surface area (Å²) in [5, 5.41) is 0. The SMILES string of the molecule is COC1C2CC2CC2(CO2)C1C1(C)OC1CC=C(C)C. The molecule has 2 heterocycles. The lowest BCUT2D eigenvalue weighted by Crippen LogP contribution is -2.50. The average Bonchev–Trinajstić information content (AvgIpc) is 3.27. The number of rotatable bonds is 4. The summed E-state index contributed by atoms with van der Waals surface area (Å²) in [6, 6.07) is 0. The van der Waals surface area contributed by atoms with Crippen LogP contribution in [0.5, 0.6) is 0 Å². The molecule has 1 spiro atoms. The van der Waals surface area contributed by atoms with Crippen molar-refractivity contribution in [1.29, 1.82) is 0 Å². The van der Waals surface area contributed by atoms with Crippen LogP contribution in [0.2, 0.25) is 0 Å². The number of fused-ring (bicyclic) bond motifs is 1. The molecular formula is C17H26O3. The first-order chi connectivity index (χ1) is 9.50. The number of epoxide rings is 2. The second kappa shape index (κ2) is 4.08. The highest BCUT2D eigenvalue weighted by Gasteiger charge is 2.75. The smallest absolute Gasteiger partial charge is 0.100 e. The number of methoxy groups -OCH3 is 1. The summed E-state index contributed by atoms with van der Waals surface area (Å²) >= 11 is 0. The Morgan fingerprint density at radius 3 is 2.75 bits per heavy atom. The van der Waals surface area contributed by atoms with Gasteiger partial charge in [-0.15, -0.1) is 0 Å². The van der Waals surface area contributed by atoms with Gasteiger partial charge in [0, 0.05) is 13.0 Å². The lowest BCUT2D eigenvalue weighted by molar-refractivity contribution is -0.0568. The van der Waals surface area contributed by atoms with Crippen LogP contribution in [-0.2, 0) is 14.2 Å². The van der Waals surface area contributed by atoms with Crippen molar-refractivity contribution in [2.45, 2.75) is 63.4 Å². The van der Waals surface area contributed by atoms with Crippen LogP contribution in [0.4, 0.5) is 0 Å². The molecule has 3 heteroatoms. The zero-order chi connectivity index (χ0) is 14.1. The summed E-state index contributed by atoms with van der Waals surface area (Å²) in [4.78, 5) is 0. The molecule has 0 N–H and O–H groups in total. The van der Waals surface area contributed by atoms with Crippen LogP contribution in [0.25, 0.3) is 0 Å². The Balaban J connectivity index is 1.55. The molecule has 4 fully saturated rings. The molecule has 2 saturated heterocycles. The van der Waals surface area contributed by atoms with Crippen molar-refractivity contribution in [3.05, 3.63) is 11.6 Å². The number of hydrogen-bond acceptors (Lipinski definition) is 3. The van der Waals surface area contributed by atoms with Crippen molar-refractivity contribution in [2.24, 2.45) is 17.8 Å². The van der Waals surface area contributed by atoms with Gasteiger partial charge in [0.25, 0.3) is 0 Å². The molecule has 112 valence electrons. The van der Waals surface area contributed by atoms with Gasteiger partial charge in [-0.1, -0.05) is 11.6 Å². The average molecular weight is 278 g/mol. The standard InChI is InChI=1S/C17H26O3/c1-10(2)5-6-13-16(3,20-13)15-14(18-4)12-7-11(12)8-17(15)9-19-17/h5,11-15H,6-9H2,1-4H3. The fourth-order valence-corrected chi connectivity index (χ4v) is 4.75. The van der Waals surface area contributed by atoms with E-state index in [9.17, 15) is 0 Å². The molecule has 0 aromatic carbocycles. The molecule has 0 aromatic rings. The van der Waals surface area contributed by atoms with E-state index < -0.39 is 0 Å². The highest BCUT2D eigenvalue weighted by Crippen LogP contribution is 2.66. The van der Waals surface area contributed by atoms with Gasteiger partial charge in [0.2, 0.25) is 0 Å². The molecule has 0 radical (unpaired) electrons. The lowest BCUT2D eigenvalue weighted by Gasteiger charge is -2.38. The summed E-state index contributed by atoms with van der Waals surface area (Å²) in [6.07, 6.45) is 6.55. The molecule has 0 aromatic heterocycles. The zero-order valence-corrected chi connectivity index (χ0v) is 13.0. The maximum Gasteiger partial charge on any atom is 0.100 e. The molecular weight excluding hydrogens is 252 g/mol. The Morgan fingerprint density at radius 1 is 1.40 bits per heavy atom. The monoisotopic (exact) mass is 278 g/mol.